The van der Waals surface area contributed by atoms with Crippen LogP contribution >= 0.6 is 0 Å². The third kappa shape index (κ3) is 3.56. The minimum absolute atomic E-state index is 0.0989. The Balaban J connectivity index is 2.13. The van der Waals surface area contributed by atoms with Crippen molar-refractivity contribution in [2.24, 2.45) is 0 Å². The van der Waals surface area contributed by atoms with Gasteiger partial charge in [0.2, 0.25) is 0 Å². The summed E-state index contributed by atoms with van der Waals surface area (Å²) < 4.78 is 0. The summed E-state index contributed by atoms with van der Waals surface area (Å²) in [6, 6.07) is 11.6. The molecule has 0 atom stereocenters. The number of anilines is 1. The lowest BCUT2D eigenvalue weighted by Crippen LogP contribution is -2.29. The summed E-state index contributed by atoms with van der Waals surface area (Å²) in [4.78, 5) is 22.4. The van der Waals surface area contributed by atoms with Crippen LogP contribution in [0.2, 0.25) is 0 Å². The van der Waals surface area contributed by atoms with Crippen LogP contribution in [0.4, 0.5) is 11.4 Å². The van der Waals surface area contributed by atoms with E-state index in [9.17, 15) is 14.9 Å². The molecular formula is C15H15N3O3. The molecule has 0 aliphatic heterocycles. The molecule has 108 valence electrons. The number of nitrogens with zero attached hydrogens (tertiary/aromatic N) is 1. The Morgan fingerprint density at radius 1 is 1.10 bits per heavy atom. The van der Waals surface area contributed by atoms with E-state index in [4.69, 9.17) is 0 Å². The van der Waals surface area contributed by atoms with Gasteiger partial charge >= 0.3 is 0 Å². The number of carbonyl (C=O) groups is 1. The van der Waals surface area contributed by atoms with E-state index in [1.807, 2.05) is 19.9 Å². The Morgan fingerprint density at radius 3 is 2.33 bits per heavy atom. The van der Waals surface area contributed by atoms with Crippen molar-refractivity contribution in [1.82, 2.24) is 5.43 Å². The van der Waals surface area contributed by atoms with Crippen LogP contribution < -0.4 is 10.9 Å². The highest BCUT2D eigenvalue weighted by Gasteiger charge is 2.13. The molecule has 0 aliphatic rings. The highest BCUT2D eigenvalue weighted by Crippen LogP contribution is 2.22. The average Bonchev–Trinajstić information content (AvgIpc) is 2.43. The molecule has 0 saturated heterocycles. The first-order valence-corrected chi connectivity index (χ1v) is 6.35. The molecule has 2 aromatic rings. The van der Waals surface area contributed by atoms with Crippen LogP contribution in [0.3, 0.4) is 0 Å². The van der Waals surface area contributed by atoms with Gasteiger partial charge in [0.25, 0.3) is 11.6 Å². The molecule has 0 aliphatic carbocycles. The predicted molar refractivity (Wildman–Crippen MR) is 80.1 cm³/mol. The zero-order valence-corrected chi connectivity index (χ0v) is 11.7. The number of hydrazine groups is 1. The smallest absolute Gasteiger partial charge is 0.292 e. The highest BCUT2D eigenvalue weighted by atomic mass is 16.6. The zero-order chi connectivity index (χ0) is 15.4. The predicted octanol–water partition coefficient (Wildman–Crippen LogP) is 2.97. The second-order valence-electron chi connectivity index (χ2n) is 4.73. The van der Waals surface area contributed by atoms with Crippen molar-refractivity contribution in [3.63, 3.8) is 0 Å². The molecule has 0 bridgehead atoms. The molecule has 2 rings (SSSR count). The van der Waals surface area contributed by atoms with Crippen LogP contribution in [0.1, 0.15) is 21.5 Å². The van der Waals surface area contributed by atoms with E-state index in [1.165, 1.54) is 12.1 Å². The van der Waals surface area contributed by atoms with Crippen molar-refractivity contribution in [2.45, 2.75) is 13.8 Å². The van der Waals surface area contributed by atoms with Gasteiger partial charge in [-0.15, -0.1) is 0 Å². The van der Waals surface area contributed by atoms with Gasteiger partial charge in [0.15, 0.2) is 0 Å². The van der Waals surface area contributed by atoms with Crippen molar-refractivity contribution in [1.29, 1.82) is 0 Å². The number of nitro benzene ring substituents is 1. The van der Waals surface area contributed by atoms with Gasteiger partial charge in [-0.25, -0.2) is 0 Å². The number of nitro groups is 1. The second-order valence-corrected chi connectivity index (χ2v) is 4.73. The fourth-order valence-electron chi connectivity index (χ4n) is 2.04. The molecule has 0 fully saturated rings. The molecule has 6 heteroatoms. The molecule has 6 nitrogen and oxygen atoms in total. The largest absolute Gasteiger partial charge is 0.294 e. The number of para-hydroxylation sites is 2. The Labute approximate surface area is 121 Å². The molecule has 0 aromatic heterocycles. The average molecular weight is 285 g/mol. The summed E-state index contributed by atoms with van der Waals surface area (Å²) in [5.41, 5.74) is 7.65. The standard InChI is InChI=1S/C15H15N3O3/c1-10-7-11(2)9-12(8-10)15(19)17-16-13-5-3-4-6-14(13)18(20)21/h3-9,16H,1-2H3,(H,17,19). The first-order chi connectivity index (χ1) is 9.97. The number of hydrogen-bond donors (Lipinski definition) is 2. The fourth-order valence-corrected chi connectivity index (χ4v) is 2.04. The summed E-state index contributed by atoms with van der Waals surface area (Å²) in [7, 11) is 0. The second kappa shape index (κ2) is 6.04. The molecule has 0 radical (unpaired) electrons. The number of amides is 1. The zero-order valence-electron chi connectivity index (χ0n) is 11.7. The van der Waals surface area contributed by atoms with Gasteiger partial charge in [-0.05, 0) is 32.0 Å². The summed E-state index contributed by atoms with van der Waals surface area (Å²) in [5, 5.41) is 10.9. The maximum absolute atomic E-state index is 12.1. The molecule has 2 aromatic carbocycles. The topological polar surface area (TPSA) is 84.3 Å². The van der Waals surface area contributed by atoms with Gasteiger partial charge in [-0.2, -0.15) is 0 Å². The number of hydrogen-bond acceptors (Lipinski definition) is 4. The summed E-state index contributed by atoms with van der Waals surface area (Å²) in [5.74, 6) is -0.347. The van der Waals surface area contributed by atoms with E-state index < -0.39 is 4.92 Å². The number of benzene rings is 2. The number of rotatable bonds is 4. The minimum Gasteiger partial charge on any atom is -0.292 e. The third-order valence-corrected chi connectivity index (χ3v) is 2.90. The van der Waals surface area contributed by atoms with Crippen molar-refractivity contribution < 1.29 is 9.72 Å². The van der Waals surface area contributed by atoms with Crippen LogP contribution in [-0.2, 0) is 0 Å². The molecule has 0 heterocycles. The Kier molecular flexibility index (Phi) is 4.18. The van der Waals surface area contributed by atoms with Crippen molar-refractivity contribution >= 4 is 17.3 Å². The summed E-state index contributed by atoms with van der Waals surface area (Å²) in [6.07, 6.45) is 0. The molecule has 0 spiro atoms. The number of carbonyl (C=O) groups excluding carboxylic acids is 1. The molecule has 21 heavy (non-hydrogen) atoms. The summed E-state index contributed by atoms with van der Waals surface area (Å²) in [6.45, 7) is 3.80. The molecule has 0 unspecified atom stereocenters. The molecule has 2 N–H and O–H groups in total. The fraction of sp³-hybridized carbons (Fsp3) is 0.133. The normalized spacial score (nSPS) is 10.0. The number of aryl methyl sites for hydroxylation is 2. The van der Waals surface area contributed by atoms with Gasteiger partial charge in [-0.3, -0.25) is 25.8 Å². The Hall–Kier alpha value is -2.89. The van der Waals surface area contributed by atoms with Crippen LogP contribution in [0.25, 0.3) is 0 Å². The van der Waals surface area contributed by atoms with Crippen LogP contribution in [0, 0.1) is 24.0 Å². The molecular weight excluding hydrogens is 270 g/mol. The maximum atomic E-state index is 12.1. The SMILES string of the molecule is Cc1cc(C)cc(C(=O)NNc2ccccc2[N+](=O)[O-])c1. The summed E-state index contributed by atoms with van der Waals surface area (Å²) >= 11 is 0. The lowest BCUT2D eigenvalue weighted by atomic mass is 10.1. The van der Waals surface area contributed by atoms with E-state index in [0.29, 0.717) is 5.56 Å². The van der Waals surface area contributed by atoms with Gasteiger partial charge in [0, 0.05) is 11.6 Å². The lowest BCUT2D eigenvalue weighted by Gasteiger charge is -2.09. The Bertz CT molecular complexity index is 678. The van der Waals surface area contributed by atoms with Crippen LogP contribution in [0.15, 0.2) is 42.5 Å². The van der Waals surface area contributed by atoms with Gasteiger partial charge in [0.1, 0.15) is 5.69 Å². The monoisotopic (exact) mass is 285 g/mol. The van der Waals surface area contributed by atoms with Crippen molar-refractivity contribution in [3.8, 4) is 0 Å². The van der Waals surface area contributed by atoms with Gasteiger partial charge in [0.05, 0.1) is 4.92 Å². The van der Waals surface area contributed by atoms with E-state index in [1.54, 1.807) is 24.3 Å². The maximum Gasteiger partial charge on any atom is 0.294 e. The van der Waals surface area contributed by atoms with E-state index in [-0.39, 0.29) is 17.3 Å². The lowest BCUT2D eigenvalue weighted by molar-refractivity contribution is -0.384. The Morgan fingerprint density at radius 2 is 1.71 bits per heavy atom. The van der Waals surface area contributed by atoms with Gasteiger partial charge in [-0.1, -0.05) is 29.3 Å². The van der Waals surface area contributed by atoms with E-state index >= 15 is 0 Å². The minimum atomic E-state index is -0.509. The first kappa shape index (κ1) is 14.5. The first-order valence-electron chi connectivity index (χ1n) is 6.35. The molecule has 1 amide bonds. The third-order valence-electron chi connectivity index (χ3n) is 2.90. The van der Waals surface area contributed by atoms with E-state index in [2.05, 4.69) is 10.9 Å². The van der Waals surface area contributed by atoms with Gasteiger partial charge < -0.3 is 0 Å². The number of nitrogens with one attached hydrogen (secondary N) is 2. The van der Waals surface area contributed by atoms with Crippen molar-refractivity contribution in [2.75, 3.05) is 5.43 Å². The van der Waals surface area contributed by atoms with Crippen LogP contribution in [-0.4, -0.2) is 10.8 Å². The quantitative estimate of drug-likeness (QED) is 0.668. The van der Waals surface area contributed by atoms with Crippen LogP contribution in [0.5, 0.6) is 0 Å². The molecule has 0 saturated carbocycles. The highest BCUT2D eigenvalue weighted by molar-refractivity contribution is 5.95. The van der Waals surface area contributed by atoms with E-state index in [0.717, 1.165) is 11.1 Å². The van der Waals surface area contributed by atoms with Crippen molar-refractivity contribution in [3.05, 3.63) is 69.3 Å².